The van der Waals surface area contributed by atoms with Gasteiger partial charge in [-0.05, 0) is 24.5 Å². The second kappa shape index (κ2) is 5.07. The lowest BCUT2D eigenvalue weighted by atomic mass is 9.72. The summed E-state index contributed by atoms with van der Waals surface area (Å²) in [5.74, 6) is -0.785. The largest absolute Gasteiger partial charge is 0.481 e. The standard InChI is InChI=1S/C13H15ClO3/c14-11-4-2-1-3-10(11)13(9-12(15)16)5-7-17-8-6-13/h1-4H,5-9H2,(H,15,16). The Morgan fingerprint density at radius 1 is 1.35 bits per heavy atom. The quantitative estimate of drug-likeness (QED) is 0.902. The SMILES string of the molecule is O=C(O)CC1(c2ccccc2Cl)CCOCC1. The number of hydrogen-bond acceptors (Lipinski definition) is 2. The first-order chi connectivity index (χ1) is 8.14. The van der Waals surface area contributed by atoms with Crippen LogP contribution in [0.5, 0.6) is 0 Å². The predicted molar refractivity (Wildman–Crippen MR) is 65.4 cm³/mol. The topological polar surface area (TPSA) is 46.5 Å². The summed E-state index contributed by atoms with van der Waals surface area (Å²) in [4.78, 5) is 11.1. The fourth-order valence-electron chi connectivity index (χ4n) is 2.48. The first-order valence-electron chi connectivity index (χ1n) is 5.69. The molecule has 0 radical (unpaired) electrons. The van der Waals surface area contributed by atoms with Crippen LogP contribution >= 0.6 is 11.6 Å². The minimum absolute atomic E-state index is 0.111. The number of hydrogen-bond donors (Lipinski definition) is 1. The van der Waals surface area contributed by atoms with Crippen LogP contribution in [0.15, 0.2) is 24.3 Å². The Morgan fingerprint density at radius 2 is 2.00 bits per heavy atom. The van der Waals surface area contributed by atoms with E-state index >= 15 is 0 Å². The smallest absolute Gasteiger partial charge is 0.304 e. The molecule has 0 aliphatic carbocycles. The number of carboxylic acid groups (broad SMARTS) is 1. The maximum absolute atomic E-state index is 11.1. The molecule has 0 bridgehead atoms. The maximum atomic E-state index is 11.1. The van der Waals surface area contributed by atoms with Gasteiger partial charge < -0.3 is 9.84 Å². The van der Waals surface area contributed by atoms with Crippen molar-refractivity contribution in [2.75, 3.05) is 13.2 Å². The Kier molecular flexibility index (Phi) is 3.69. The summed E-state index contributed by atoms with van der Waals surface area (Å²) < 4.78 is 5.33. The molecule has 0 aromatic heterocycles. The van der Waals surface area contributed by atoms with Crippen molar-refractivity contribution in [3.63, 3.8) is 0 Å². The highest BCUT2D eigenvalue weighted by molar-refractivity contribution is 6.31. The number of rotatable bonds is 3. The van der Waals surface area contributed by atoms with Crippen LogP contribution in [0.25, 0.3) is 0 Å². The molecule has 1 fully saturated rings. The van der Waals surface area contributed by atoms with Crippen LogP contribution in [0.2, 0.25) is 5.02 Å². The lowest BCUT2D eigenvalue weighted by Crippen LogP contribution is -2.36. The highest BCUT2D eigenvalue weighted by Crippen LogP contribution is 2.41. The Hall–Kier alpha value is -1.06. The second-order valence-electron chi connectivity index (χ2n) is 4.44. The van der Waals surface area contributed by atoms with Crippen molar-refractivity contribution in [2.45, 2.75) is 24.7 Å². The molecule has 0 spiro atoms. The summed E-state index contributed by atoms with van der Waals surface area (Å²) in [5.41, 5.74) is 0.565. The van der Waals surface area contributed by atoms with Crippen molar-refractivity contribution in [3.8, 4) is 0 Å². The third kappa shape index (κ3) is 2.61. The number of benzene rings is 1. The van der Waals surface area contributed by atoms with Crippen LogP contribution in [0.3, 0.4) is 0 Å². The molecule has 17 heavy (non-hydrogen) atoms. The van der Waals surface area contributed by atoms with E-state index < -0.39 is 5.97 Å². The molecule has 0 saturated carbocycles. The van der Waals surface area contributed by atoms with Gasteiger partial charge in [0, 0.05) is 23.7 Å². The molecule has 1 heterocycles. The van der Waals surface area contributed by atoms with Gasteiger partial charge in [0.2, 0.25) is 0 Å². The van der Waals surface area contributed by atoms with Crippen LogP contribution in [-0.4, -0.2) is 24.3 Å². The van der Waals surface area contributed by atoms with Gasteiger partial charge in [-0.15, -0.1) is 0 Å². The van der Waals surface area contributed by atoms with Crippen molar-refractivity contribution in [1.29, 1.82) is 0 Å². The van der Waals surface area contributed by atoms with E-state index in [1.165, 1.54) is 0 Å². The van der Waals surface area contributed by atoms with Gasteiger partial charge in [-0.2, -0.15) is 0 Å². The van der Waals surface area contributed by atoms with E-state index in [1.807, 2.05) is 24.3 Å². The Morgan fingerprint density at radius 3 is 2.59 bits per heavy atom. The Labute approximate surface area is 105 Å². The third-order valence-corrected chi connectivity index (χ3v) is 3.71. The number of carbonyl (C=O) groups is 1. The minimum atomic E-state index is -0.785. The van der Waals surface area contributed by atoms with E-state index in [0.29, 0.717) is 31.1 Å². The summed E-state index contributed by atoms with van der Waals surface area (Å²) >= 11 is 6.20. The molecule has 3 nitrogen and oxygen atoms in total. The highest BCUT2D eigenvalue weighted by atomic mass is 35.5. The number of halogens is 1. The molecule has 1 aromatic rings. The lowest BCUT2D eigenvalue weighted by Gasteiger charge is -2.37. The molecule has 1 aliphatic heterocycles. The monoisotopic (exact) mass is 254 g/mol. The van der Waals surface area contributed by atoms with E-state index in [4.69, 9.17) is 21.4 Å². The van der Waals surface area contributed by atoms with Gasteiger partial charge in [-0.25, -0.2) is 0 Å². The zero-order chi connectivity index (χ0) is 12.3. The van der Waals surface area contributed by atoms with E-state index in [-0.39, 0.29) is 11.8 Å². The third-order valence-electron chi connectivity index (χ3n) is 3.38. The van der Waals surface area contributed by atoms with E-state index in [2.05, 4.69) is 0 Å². The molecule has 2 rings (SSSR count). The second-order valence-corrected chi connectivity index (χ2v) is 4.85. The van der Waals surface area contributed by atoms with Gasteiger partial charge in [-0.1, -0.05) is 29.8 Å². The van der Waals surface area contributed by atoms with Gasteiger partial charge in [0.1, 0.15) is 0 Å². The van der Waals surface area contributed by atoms with Gasteiger partial charge >= 0.3 is 5.97 Å². The van der Waals surface area contributed by atoms with Gasteiger partial charge in [0.15, 0.2) is 0 Å². The summed E-state index contributed by atoms with van der Waals surface area (Å²) in [6, 6.07) is 7.51. The van der Waals surface area contributed by atoms with Gasteiger partial charge in [0.05, 0.1) is 6.42 Å². The zero-order valence-electron chi connectivity index (χ0n) is 9.49. The number of carboxylic acids is 1. The molecule has 1 aromatic carbocycles. The first-order valence-corrected chi connectivity index (χ1v) is 6.06. The van der Waals surface area contributed by atoms with Crippen molar-refractivity contribution in [3.05, 3.63) is 34.9 Å². The molecular formula is C13H15ClO3. The molecule has 4 heteroatoms. The van der Waals surface area contributed by atoms with E-state index in [1.54, 1.807) is 0 Å². The number of aliphatic carboxylic acids is 1. The van der Waals surface area contributed by atoms with Gasteiger partial charge in [0.25, 0.3) is 0 Å². The molecular weight excluding hydrogens is 240 g/mol. The van der Waals surface area contributed by atoms with Crippen LogP contribution < -0.4 is 0 Å². The predicted octanol–water partition coefficient (Wildman–Crippen LogP) is 2.86. The van der Waals surface area contributed by atoms with Crippen LogP contribution in [0, 0.1) is 0 Å². The lowest BCUT2D eigenvalue weighted by molar-refractivity contribution is -0.139. The molecule has 1 N–H and O–H groups in total. The van der Waals surface area contributed by atoms with Gasteiger partial charge in [-0.3, -0.25) is 4.79 Å². The fraction of sp³-hybridized carbons (Fsp3) is 0.462. The molecule has 1 saturated heterocycles. The van der Waals surface area contributed by atoms with E-state index in [9.17, 15) is 4.79 Å². The average Bonchev–Trinajstić information content (AvgIpc) is 2.29. The minimum Gasteiger partial charge on any atom is -0.481 e. The Balaban J connectivity index is 2.39. The summed E-state index contributed by atoms with van der Waals surface area (Å²) in [5, 5.41) is 9.75. The molecule has 92 valence electrons. The Bertz CT molecular complexity index is 411. The summed E-state index contributed by atoms with van der Waals surface area (Å²) in [6.45, 7) is 1.19. The molecule has 0 atom stereocenters. The highest BCUT2D eigenvalue weighted by Gasteiger charge is 2.37. The summed E-state index contributed by atoms with van der Waals surface area (Å²) in [6.07, 6.45) is 1.53. The van der Waals surface area contributed by atoms with E-state index in [0.717, 1.165) is 5.56 Å². The number of ether oxygens (including phenoxy) is 1. The van der Waals surface area contributed by atoms with Crippen molar-refractivity contribution >= 4 is 17.6 Å². The molecule has 1 aliphatic rings. The van der Waals surface area contributed by atoms with Crippen molar-refractivity contribution < 1.29 is 14.6 Å². The van der Waals surface area contributed by atoms with Crippen LogP contribution in [-0.2, 0) is 14.9 Å². The summed E-state index contributed by atoms with van der Waals surface area (Å²) in [7, 11) is 0. The van der Waals surface area contributed by atoms with Crippen molar-refractivity contribution in [1.82, 2.24) is 0 Å². The van der Waals surface area contributed by atoms with Crippen molar-refractivity contribution in [2.24, 2.45) is 0 Å². The normalized spacial score (nSPS) is 18.9. The van der Waals surface area contributed by atoms with Crippen LogP contribution in [0.1, 0.15) is 24.8 Å². The average molecular weight is 255 g/mol. The molecule has 0 amide bonds. The van der Waals surface area contributed by atoms with Crippen LogP contribution in [0.4, 0.5) is 0 Å². The zero-order valence-corrected chi connectivity index (χ0v) is 10.2. The first kappa shape index (κ1) is 12.4. The molecule has 0 unspecified atom stereocenters. The fourth-order valence-corrected chi connectivity index (χ4v) is 2.82. The maximum Gasteiger partial charge on any atom is 0.304 e.